The van der Waals surface area contributed by atoms with Crippen LogP contribution in [0.1, 0.15) is 25.0 Å². The molecule has 20 heavy (non-hydrogen) atoms. The van der Waals surface area contributed by atoms with Gasteiger partial charge in [-0.15, -0.1) is 0 Å². The second kappa shape index (κ2) is 6.53. The summed E-state index contributed by atoms with van der Waals surface area (Å²) in [5, 5.41) is 3.41. The van der Waals surface area contributed by atoms with Crippen LogP contribution in [0.2, 0.25) is 0 Å². The molecule has 0 fully saturated rings. The third-order valence-electron chi connectivity index (χ3n) is 3.25. The number of ether oxygens (including phenoxy) is 1. The van der Waals surface area contributed by atoms with Crippen molar-refractivity contribution in [3.63, 3.8) is 0 Å². The molecule has 3 heteroatoms. The first kappa shape index (κ1) is 14.5. The van der Waals surface area contributed by atoms with Gasteiger partial charge in [0, 0.05) is 30.5 Å². The molecule has 1 N–H and O–H groups in total. The Kier molecular flexibility index (Phi) is 4.74. The third-order valence-corrected chi connectivity index (χ3v) is 3.25. The second-order valence-electron chi connectivity index (χ2n) is 5.30. The van der Waals surface area contributed by atoms with Crippen molar-refractivity contribution in [3.8, 4) is 16.9 Å². The summed E-state index contributed by atoms with van der Waals surface area (Å²) in [6.45, 7) is 7.22. The Hall–Kier alpha value is -1.87. The molecule has 0 saturated carbocycles. The van der Waals surface area contributed by atoms with Gasteiger partial charge >= 0.3 is 0 Å². The first-order chi connectivity index (χ1) is 9.60. The van der Waals surface area contributed by atoms with E-state index in [4.69, 9.17) is 4.74 Å². The van der Waals surface area contributed by atoms with Gasteiger partial charge in [0.25, 0.3) is 0 Å². The summed E-state index contributed by atoms with van der Waals surface area (Å²) >= 11 is 0. The average Bonchev–Trinajstić information content (AvgIpc) is 2.45. The second-order valence-corrected chi connectivity index (χ2v) is 5.30. The van der Waals surface area contributed by atoms with Crippen molar-refractivity contribution in [2.45, 2.75) is 33.4 Å². The van der Waals surface area contributed by atoms with Crippen molar-refractivity contribution < 1.29 is 4.74 Å². The monoisotopic (exact) mass is 270 g/mol. The van der Waals surface area contributed by atoms with E-state index in [1.165, 1.54) is 16.7 Å². The molecule has 1 aromatic carbocycles. The zero-order valence-corrected chi connectivity index (χ0v) is 12.6. The normalized spacial score (nSPS) is 10.8. The van der Waals surface area contributed by atoms with Crippen LogP contribution in [0.25, 0.3) is 11.1 Å². The number of pyridine rings is 1. The van der Waals surface area contributed by atoms with Crippen molar-refractivity contribution in [1.82, 2.24) is 10.3 Å². The van der Waals surface area contributed by atoms with Gasteiger partial charge in [-0.2, -0.15) is 0 Å². The fourth-order valence-electron chi connectivity index (χ4n) is 2.14. The highest BCUT2D eigenvalue weighted by atomic mass is 16.5. The Morgan fingerprint density at radius 2 is 2.00 bits per heavy atom. The number of aryl methyl sites for hydroxylation is 1. The zero-order chi connectivity index (χ0) is 14.5. The predicted molar refractivity (Wildman–Crippen MR) is 82.9 cm³/mol. The molecule has 2 aromatic rings. The number of nitrogens with one attached hydrogen (secondary N) is 1. The molecule has 0 amide bonds. The summed E-state index contributed by atoms with van der Waals surface area (Å²) in [4.78, 5) is 4.35. The number of benzene rings is 1. The molecule has 0 aliphatic carbocycles. The van der Waals surface area contributed by atoms with E-state index in [1.54, 1.807) is 7.11 Å². The predicted octanol–water partition coefficient (Wildman–Crippen LogP) is 3.56. The first-order valence-electron chi connectivity index (χ1n) is 6.92. The molecule has 0 aliphatic rings. The average molecular weight is 270 g/mol. The highest BCUT2D eigenvalue weighted by Gasteiger charge is 2.05. The van der Waals surface area contributed by atoms with Crippen molar-refractivity contribution in [2.75, 3.05) is 7.11 Å². The van der Waals surface area contributed by atoms with Gasteiger partial charge in [-0.1, -0.05) is 19.9 Å². The number of nitrogens with zero attached hydrogens (tertiary/aromatic N) is 1. The Morgan fingerprint density at radius 3 is 2.65 bits per heavy atom. The molecule has 0 aliphatic heterocycles. The Balaban J connectivity index is 2.26. The standard InChI is InChI=1S/C17H22N2O/c1-12(2)19-10-14-8-15(11-18-9-14)17-6-5-16(20-4)7-13(17)3/h5-9,11-12,19H,10H2,1-4H3. The summed E-state index contributed by atoms with van der Waals surface area (Å²) in [5.41, 5.74) is 4.74. The maximum absolute atomic E-state index is 5.25. The fourth-order valence-corrected chi connectivity index (χ4v) is 2.14. The van der Waals surface area contributed by atoms with E-state index in [2.05, 4.69) is 43.2 Å². The molecule has 0 saturated heterocycles. The number of methoxy groups -OCH3 is 1. The zero-order valence-electron chi connectivity index (χ0n) is 12.6. The van der Waals surface area contributed by atoms with E-state index in [0.717, 1.165) is 17.9 Å². The number of hydrogen-bond donors (Lipinski definition) is 1. The molecule has 1 heterocycles. The quantitative estimate of drug-likeness (QED) is 0.902. The molecular formula is C17H22N2O. The van der Waals surface area contributed by atoms with Crippen LogP contribution in [-0.2, 0) is 6.54 Å². The molecule has 106 valence electrons. The lowest BCUT2D eigenvalue weighted by Crippen LogP contribution is -2.21. The maximum Gasteiger partial charge on any atom is 0.119 e. The number of hydrogen-bond acceptors (Lipinski definition) is 3. The molecule has 0 atom stereocenters. The Bertz CT molecular complexity index is 579. The van der Waals surface area contributed by atoms with Crippen LogP contribution in [0, 0.1) is 6.92 Å². The van der Waals surface area contributed by atoms with Gasteiger partial charge < -0.3 is 10.1 Å². The van der Waals surface area contributed by atoms with Crippen molar-refractivity contribution >= 4 is 0 Å². The first-order valence-corrected chi connectivity index (χ1v) is 6.92. The largest absolute Gasteiger partial charge is 0.497 e. The molecule has 0 radical (unpaired) electrons. The smallest absolute Gasteiger partial charge is 0.119 e. The van der Waals surface area contributed by atoms with E-state index in [0.29, 0.717) is 6.04 Å². The van der Waals surface area contributed by atoms with Crippen LogP contribution in [0.5, 0.6) is 5.75 Å². The minimum atomic E-state index is 0.473. The summed E-state index contributed by atoms with van der Waals surface area (Å²) < 4.78 is 5.25. The van der Waals surface area contributed by atoms with Crippen LogP contribution in [0.4, 0.5) is 0 Å². The van der Waals surface area contributed by atoms with Crippen LogP contribution in [0.3, 0.4) is 0 Å². The highest BCUT2D eigenvalue weighted by Crippen LogP contribution is 2.26. The summed E-state index contributed by atoms with van der Waals surface area (Å²) in [6.07, 6.45) is 3.82. The highest BCUT2D eigenvalue weighted by molar-refractivity contribution is 5.67. The van der Waals surface area contributed by atoms with Crippen molar-refractivity contribution in [2.24, 2.45) is 0 Å². The number of aromatic nitrogens is 1. The number of rotatable bonds is 5. The van der Waals surface area contributed by atoms with Gasteiger partial charge in [-0.3, -0.25) is 4.98 Å². The van der Waals surface area contributed by atoms with Gasteiger partial charge in [-0.25, -0.2) is 0 Å². The molecular weight excluding hydrogens is 248 g/mol. The molecule has 0 unspecified atom stereocenters. The maximum atomic E-state index is 5.25. The van der Waals surface area contributed by atoms with Gasteiger partial charge in [0.05, 0.1) is 7.11 Å². The lowest BCUT2D eigenvalue weighted by atomic mass is 10.0. The van der Waals surface area contributed by atoms with Gasteiger partial charge in [0.15, 0.2) is 0 Å². The molecule has 0 bridgehead atoms. The Labute approximate surface area is 121 Å². The molecule has 1 aromatic heterocycles. The third kappa shape index (κ3) is 3.58. The molecule has 3 nitrogen and oxygen atoms in total. The lowest BCUT2D eigenvalue weighted by Gasteiger charge is -2.11. The van der Waals surface area contributed by atoms with E-state index in [1.807, 2.05) is 24.5 Å². The molecule has 2 rings (SSSR count). The van der Waals surface area contributed by atoms with Gasteiger partial charge in [-0.05, 0) is 41.8 Å². The van der Waals surface area contributed by atoms with Crippen LogP contribution in [-0.4, -0.2) is 18.1 Å². The SMILES string of the molecule is COc1ccc(-c2cncc(CNC(C)C)c2)c(C)c1. The fraction of sp³-hybridized carbons (Fsp3) is 0.353. The summed E-state index contributed by atoms with van der Waals surface area (Å²) in [7, 11) is 1.69. The summed E-state index contributed by atoms with van der Waals surface area (Å²) in [6, 6.07) is 8.79. The van der Waals surface area contributed by atoms with Gasteiger partial charge in [0.2, 0.25) is 0 Å². The topological polar surface area (TPSA) is 34.1 Å². The minimum absolute atomic E-state index is 0.473. The molecule has 0 spiro atoms. The van der Waals surface area contributed by atoms with Crippen LogP contribution in [0.15, 0.2) is 36.7 Å². The van der Waals surface area contributed by atoms with E-state index in [9.17, 15) is 0 Å². The van der Waals surface area contributed by atoms with Gasteiger partial charge in [0.1, 0.15) is 5.75 Å². The lowest BCUT2D eigenvalue weighted by molar-refractivity contribution is 0.414. The van der Waals surface area contributed by atoms with Crippen LogP contribution < -0.4 is 10.1 Å². The van der Waals surface area contributed by atoms with Crippen molar-refractivity contribution in [1.29, 1.82) is 0 Å². The van der Waals surface area contributed by atoms with E-state index >= 15 is 0 Å². The Morgan fingerprint density at radius 1 is 1.20 bits per heavy atom. The van der Waals surface area contributed by atoms with E-state index in [-0.39, 0.29) is 0 Å². The van der Waals surface area contributed by atoms with Crippen LogP contribution >= 0.6 is 0 Å². The minimum Gasteiger partial charge on any atom is -0.497 e. The van der Waals surface area contributed by atoms with Crippen molar-refractivity contribution in [3.05, 3.63) is 47.8 Å². The van der Waals surface area contributed by atoms with E-state index < -0.39 is 0 Å². The summed E-state index contributed by atoms with van der Waals surface area (Å²) in [5.74, 6) is 0.886.